The third-order valence-corrected chi connectivity index (χ3v) is 8.05. The van der Waals surface area contributed by atoms with E-state index < -0.39 is 62.4 Å². The number of benzene rings is 3. The minimum atomic E-state index is -4.96. The predicted molar refractivity (Wildman–Crippen MR) is 158 cm³/mol. The zero-order valence-electron chi connectivity index (χ0n) is 24.4. The summed E-state index contributed by atoms with van der Waals surface area (Å²) in [7, 11) is -2.74. The quantitative estimate of drug-likeness (QED) is 0.110. The van der Waals surface area contributed by atoms with Crippen molar-refractivity contribution in [3.63, 3.8) is 0 Å². The monoisotopic (exact) mass is 684 g/mol. The average Bonchev–Trinajstić information content (AvgIpc) is 3.38. The lowest BCUT2D eigenvalue weighted by Gasteiger charge is -2.26. The maximum atomic E-state index is 15.0. The number of hydrogen-bond donors (Lipinski definition) is 4. The summed E-state index contributed by atoms with van der Waals surface area (Å²) in [6, 6.07) is 11.5. The summed E-state index contributed by atoms with van der Waals surface area (Å²) in [4.78, 5) is 10.9. The van der Waals surface area contributed by atoms with Crippen molar-refractivity contribution >= 4 is 27.1 Å². The van der Waals surface area contributed by atoms with Gasteiger partial charge in [0, 0.05) is 36.2 Å². The van der Waals surface area contributed by atoms with E-state index in [-0.39, 0.29) is 39.3 Å². The normalized spacial score (nSPS) is 12.7. The number of amides is 1. The third-order valence-electron chi connectivity index (χ3n) is 6.89. The summed E-state index contributed by atoms with van der Waals surface area (Å²) in [5, 5.41) is 14.3. The van der Waals surface area contributed by atoms with E-state index in [2.05, 4.69) is 9.84 Å². The van der Waals surface area contributed by atoms with Gasteiger partial charge in [-0.3, -0.25) is 14.5 Å². The van der Waals surface area contributed by atoms with Crippen LogP contribution in [0.1, 0.15) is 16.8 Å². The minimum Gasteiger partial charge on any atom is -0.406 e. The molecule has 11 nitrogen and oxygen atoms in total. The molecule has 7 N–H and O–H groups in total. The van der Waals surface area contributed by atoms with Crippen molar-refractivity contribution < 1.29 is 49.4 Å². The summed E-state index contributed by atoms with van der Waals surface area (Å²) in [6.45, 7) is -0.911. The molecule has 0 bridgehead atoms. The fourth-order valence-corrected chi connectivity index (χ4v) is 5.61. The van der Waals surface area contributed by atoms with Crippen LogP contribution in [0, 0.1) is 5.82 Å². The van der Waals surface area contributed by atoms with Crippen molar-refractivity contribution in [2.24, 2.45) is 24.4 Å². The fraction of sp³-hybridized carbons (Fsp3) is 0.172. The van der Waals surface area contributed by atoms with Crippen LogP contribution in [-0.4, -0.2) is 41.8 Å². The summed E-state index contributed by atoms with van der Waals surface area (Å²) in [5.74, 6) is -1.20. The number of nitrogens with two attached hydrogens (primary N) is 3. The Kier molecular flexibility index (Phi) is 9.34. The summed E-state index contributed by atoms with van der Waals surface area (Å²) in [6.07, 6.45) is -3.13. The first-order valence-corrected chi connectivity index (χ1v) is 15.0. The second-order valence-electron chi connectivity index (χ2n) is 10.1. The number of alkyl halides is 5. The molecule has 250 valence electrons. The fourth-order valence-electron chi connectivity index (χ4n) is 4.66. The van der Waals surface area contributed by atoms with E-state index in [1.807, 2.05) is 0 Å². The Hall–Kier alpha value is -5.07. The van der Waals surface area contributed by atoms with E-state index in [1.54, 1.807) is 0 Å². The number of hydrazine groups is 1. The molecule has 4 rings (SSSR count). The van der Waals surface area contributed by atoms with Crippen LogP contribution in [0.2, 0.25) is 0 Å². The maximum Gasteiger partial charge on any atom is 0.573 e. The van der Waals surface area contributed by atoms with Gasteiger partial charge < -0.3 is 21.3 Å². The molecule has 0 atom stereocenters. The Labute approximate surface area is 263 Å². The Morgan fingerprint density at radius 3 is 2.21 bits per heavy atom. The number of anilines is 1. The molecular weight excluding hydrogens is 658 g/mol. The van der Waals surface area contributed by atoms with Gasteiger partial charge in [-0.2, -0.15) is 13.9 Å². The number of rotatable bonds is 10. The molecule has 18 heteroatoms. The lowest BCUT2D eigenvalue weighted by molar-refractivity contribution is -0.274. The Morgan fingerprint density at radius 2 is 1.68 bits per heavy atom. The molecule has 1 aromatic heterocycles. The number of carbonyl (C=O) groups is 1. The molecule has 0 saturated carbocycles. The number of halogens is 6. The molecule has 47 heavy (non-hydrogen) atoms. The van der Waals surface area contributed by atoms with Crippen LogP contribution in [-0.2, 0) is 34.2 Å². The number of hydrogen-bond acceptors (Lipinski definition) is 9. The van der Waals surface area contributed by atoms with Gasteiger partial charge in [-0.25, -0.2) is 18.7 Å². The second kappa shape index (κ2) is 12.6. The highest BCUT2D eigenvalue weighted by Crippen LogP contribution is 2.40. The number of aliphatic hydroxyl groups is 1. The van der Waals surface area contributed by atoms with Crippen molar-refractivity contribution in [1.29, 1.82) is 0 Å². The van der Waals surface area contributed by atoms with Gasteiger partial charge >= 0.3 is 12.3 Å². The van der Waals surface area contributed by atoms with E-state index in [4.69, 9.17) is 17.3 Å². The SMILES string of the molecule is Cn1nc(C(F)(F)C(N)=O)cc1-c1ccc(-c2cc(F)c(CO)c(S(C)(=O)=O)c2)cc1N(N)/C(=C\N)c1ccc(OC(F)(F)F)cc1. The largest absolute Gasteiger partial charge is 0.573 e. The zero-order chi connectivity index (χ0) is 35.1. The maximum absolute atomic E-state index is 15.0. The van der Waals surface area contributed by atoms with Gasteiger partial charge in [0.15, 0.2) is 9.84 Å². The van der Waals surface area contributed by atoms with Crippen LogP contribution in [0.3, 0.4) is 0 Å². The van der Waals surface area contributed by atoms with Gasteiger partial charge in [-0.15, -0.1) is 13.2 Å². The van der Waals surface area contributed by atoms with Crippen LogP contribution in [0.5, 0.6) is 5.75 Å². The van der Waals surface area contributed by atoms with Crippen LogP contribution >= 0.6 is 0 Å². The molecule has 0 fully saturated rings. The topological polar surface area (TPSA) is 180 Å². The van der Waals surface area contributed by atoms with E-state index >= 15 is 4.39 Å². The first-order chi connectivity index (χ1) is 21.8. The molecule has 0 aliphatic carbocycles. The Balaban J connectivity index is 1.94. The molecule has 0 radical (unpaired) electrons. The number of sulfone groups is 1. The standard InChI is InChI=1S/C29H26F6N6O5S/c1-40-22(12-26(39-40)28(31,32)27(37)43)19-8-5-16(17-9-21(30)20(14-42)25(11-17)47(2,44)45)10-23(19)41(38)24(13-36)15-3-6-18(7-4-15)46-29(33,34)35/h3-13,42H,14,36,38H2,1-2H3,(H2,37,43)/b24-13-. The van der Waals surface area contributed by atoms with E-state index in [9.17, 15) is 40.3 Å². The molecule has 1 heterocycles. The average molecular weight is 685 g/mol. The highest BCUT2D eigenvalue weighted by Gasteiger charge is 2.42. The molecule has 0 aliphatic rings. The van der Waals surface area contributed by atoms with Gasteiger partial charge in [0.2, 0.25) is 0 Å². The summed E-state index contributed by atoms with van der Waals surface area (Å²) in [5.41, 5.74) is 9.62. The lowest BCUT2D eigenvalue weighted by Crippen LogP contribution is -2.33. The minimum absolute atomic E-state index is 0.0132. The highest BCUT2D eigenvalue weighted by molar-refractivity contribution is 7.90. The predicted octanol–water partition coefficient (Wildman–Crippen LogP) is 3.90. The van der Waals surface area contributed by atoms with Gasteiger partial charge in [-0.1, -0.05) is 12.1 Å². The van der Waals surface area contributed by atoms with Gasteiger partial charge in [0.05, 0.1) is 28.6 Å². The van der Waals surface area contributed by atoms with Crippen molar-refractivity contribution in [2.45, 2.75) is 23.8 Å². The number of nitrogens with zero attached hydrogens (tertiary/aromatic N) is 3. The van der Waals surface area contributed by atoms with Crippen LogP contribution in [0.25, 0.3) is 28.1 Å². The Bertz CT molecular complexity index is 1980. The van der Waals surface area contributed by atoms with E-state index in [0.29, 0.717) is 0 Å². The third kappa shape index (κ3) is 7.18. The second-order valence-corrected chi connectivity index (χ2v) is 12.1. The van der Waals surface area contributed by atoms with Crippen LogP contribution in [0.4, 0.5) is 32.0 Å². The molecule has 0 saturated heterocycles. The van der Waals surface area contributed by atoms with Crippen LogP contribution in [0.15, 0.2) is 71.8 Å². The van der Waals surface area contributed by atoms with E-state index in [0.717, 1.165) is 52.5 Å². The number of carbonyl (C=O) groups excluding carboxylic acids is 1. The molecule has 4 aromatic rings. The first-order valence-electron chi connectivity index (χ1n) is 13.1. The molecule has 0 spiro atoms. The zero-order valence-corrected chi connectivity index (χ0v) is 25.2. The first kappa shape index (κ1) is 34.8. The highest BCUT2D eigenvalue weighted by atomic mass is 32.2. The number of ether oxygens (including phenoxy) is 1. The number of primary amides is 1. The summed E-state index contributed by atoms with van der Waals surface area (Å²) < 4.78 is 112. The van der Waals surface area contributed by atoms with E-state index in [1.165, 1.54) is 37.4 Å². The smallest absolute Gasteiger partial charge is 0.406 e. The van der Waals surface area contributed by atoms with Crippen molar-refractivity contribution in [1.82, 2.24) is 9.78 Å². The molecular formula is C29H26F6N6O5S. The van der Waals surface area contributed by atoms with Gasteiger partial charge in [0.1, 0.15) is 17.3 Å². The Morgan fingerprint density at radius 1 is 1.04 bits per heavy atom. The number of aryl methyl sites for hydroxylation is 1. The molecule has 0 unspecified atom stereocenters. The molecule has 1 amide bonds. The van der Waals surface area contributed by atoms with Gasteiger partial charge in [0.25, 0.3) is 5.91 Å². The summed E-state index contributed by atoms with van der Waals surface area (Å²) >= 11 is 0. The lowest BCUT2D eigenvalue weighted by atomic mass is 9.98. The van der Waals surface area contributed by atoms with Crippen molar-refractivity contribution in [3.8, 4) is 28.1 Å². The number of aromatic nitrogens is 2. The van der Waals surface area contributed by atoms with Gasteiger partial charge in [-0.05, 0) is 59.7 Å². The number of aliphatic hydroxyl groups excluding tert-OH is 1. The van der Waals surface area contributed by atoms with Crippen molar-refractivity contribution in [2.75, 3.05) is 11.3 Å². The van der Waals surface area contributed by atoms with Crippen LogP contribution < -0.4 is 27.1 Å². The van der Waals surface area contributed by atoms with Crippen molar-refractivity contribution in [3.05, 3.63) is 89.5 Å². The molecule has 0 aliphatic heterocycles. The molecule has 3 aromatic carbocycles.